The molecule has 1 saturated heterocycles. The van der Waals surface area contributed by atoms with Crippen LogP contribution in [-0.4, -0.2) is 43.4 Å². The highest BCUT2D eigenvalue weighted by Gasteiger charge is 2.35. The van der Waals surface area contributed by atoms with Gasteiger partial charge in [0, 0.05) is 16.6 Å². The molecule has 5 nitrogen and oxygen atoms in total. The molecule has 0 aromatic heterocycles. The van der Waals surface area contributed by atoms with Crippen LogP contribution in [0.15, 0.2) is 36.4 Å². The number of amides is 1. The van der Waals surface area contributed by atoms with Gasteiger partial charge in [-0.15, -0.1) is 0 Å². The zero-order valence-electron chi connectivity index (χ0n) is 17.9. The number of carbonyl (C=O) groups excluding carboxylic acids is 1. The molecule has 1 unspecified atom stereocenters. The minimum absolute atomic E-state index is 0.00266. The smallest absolute Gasteiger partial charge is 0.261 e. The van der Waals surface area contributed by atoms with Crippen molar-refractivity contribution in [3.63, 3.8) is 0 Å². The van der Waals surface area contributed by atoms with E-state index in [9.17, 15) is 17.6 Å². The van der Waals surface area contributed by atoms with E-state index in [-0.39, 0.29) is 41.2 Å². The first-order valence-electron chi connectivity index (χ1n) is 10.2. The van der Waals surface area contributed by atoms with Gasteiger partial charge in [0.15, 0.2) is 16.4 Å². The average molecular weight is 468 g/mol. The Labute approximate surface area is 188 Å². The van der Waals surface area contributed by atoms with Crippen LogP contribution in [0, 0.1) is 12.7 Å². The highest BCUT2D eigenvalue weighted by molar-refractivity contribution is 7.91. The second-order valence-corrected chi connectivity index (χ2v) is 10.9. The minimum Gasteiger partial charge on any atom is -0.483 e. The summed E-state index contributed by atoms with van der Waals surface area (Å²) in [5, 5.41) is 0.195. The second-order valence-electron chi connectivity index (χ2n) is 8.26. The Bertz CT molecular complexity index is 1050. The van der Waals surface area contributed by atoms with E-state index in [0.29, 0.717) is 12.2 Å². The zero-order valence-corrected chi connectivity index (χ0v) is 19.5. The Kier molecular flexibility index (Phi) is 7.27. The van der Waals surface area contributed by atoms with E-state index in [4.69, 9.17) is 16.3 Å². The lowest BCUT2D eigenvalue weighted by Gasteiger charge is -2.29. The largest absolute Gasteiger partial charge is 0.483 e. The third kappa shape index (κ3) is 5.77. The summed E-state index contributed by atoms with van der Waals surface area (Å²) in [6.45, 7) is 5.63. The normalized spacial score (nSPS) is 17.7. The van der Waals surface area contributed by atoms with Crippen molar-refractivity contribution in [3.8, 4) is 5.75 Å². The molecule has 1 fully saturated rings. The number of sulfone groups is 1. The van der Waals surface area contributed by atoms with E-state index in [1.807, 2.05) is 39.0 Å². The molecule has 2 aromatic rings. The Balaban J connectivity index is 1.84. The molecule has 0 saturated carbocycles. The number of carbonyl (C=O) groups is 1. The van der Waals surface area contributed by atoms with Gasteiger partial charge < -0.3 is 9.64 Å². The van der Waals surface area contributed by atoms with E-state index in [2.05, 4.69) is 0 Å². The molecule has 0 bridgehead atoms. The van der Waals surface area contributed by atoms with Crippen molar-refractivity contribution in [2.75, 3.05) is 18.1 Å². The van der Waals surface area contributed by atoms with Gasteiger partial charge in [0.05, 0.1) is 18.1 Å². The number of ether oxygens (including phenoxy) is 1. The van der Waals surface area contributed by atoms with Crippen molar-refractivity contribution < 1.29 is 22.3 Å². The fraction of sp³-hybridized carbons (Fsp3) is 0.435. The standard InChI is InChI=1S/C23H27ClFNO4S/c1-15(2)18-8-7-16(3)11-22(18)30-13-23(27)26(17-9-10-31(28,29)14-17)12-19-20(24)5-4-6-21(19)25/h4-8,11,15,17H,9-10,12-14H2,1-3H3. The van der Waals surface area contributed by atoms with Crippen LogP contribution in [0.25, 0.3) is 0 Å². The maximum absolute atomic E-state index is 14.4. The molecule has 1 aliphatic rings. The SMILES string of the molecule is Cc1ccc(C(C)C)c(OCC(=O)N(Cc2c(F)cccc2Cl)C2CCS(=O)(=O)C2)c1. The van der Waals surface area contributed by atoms with Crippen LogP contribution in [0.3, 0.4) is 0 Å². The number of hydrogen-bond donors (Lipinski definition) is 0. The summed E-state index contributed by atoms with van der Waals surface area (Å²) < 4.78 is 44.3. The van der Waals surface area contributed by atoms with Crippen molar-refractivity contribution in [1.82, 2.24) is 4.90 Å². The van der Waals surface area contributed by atoms with Crippen LogP contribution in [0.1, 0.15) is 42.9 Å². The van der Waals surface area contributed by atoms with Gasteiger partial charge in [-0.25, -0.2) is 12.8 Å². The Morgan fingerprint density at radius 2 is 2.03 bits per heavy atom. The van der Waals surface area contributed by atoms with E-state index in [1.165, 1.54) is 17.0 Å². The molecule has 1 heterocycles. The molecule has 1 aliphatic heterocycles. The number of nitrogens with zero attached hydrogens (tertiary/aromatic N) is 1. The molecule has 0 aliphatic carbocycles. The van der Waals surface area contributed by atoms with Gasteiger partial charge in [0.2, 0.25) is 0 Å². The van der Waals surface area contributed by atoms with Crippen molar-refractivity contribution in [1.29, 1.82) is 0 Å². The summed E-state index contributed by atoms with van der Waals surface area (Å²) in [5.41, 5.74) is 2.15. The maximum atomic E-state index is 14.4. The number of aryl methyl sites for hydroxylation is 1. The molecule has 8 heteroatoms. The third-order valence-electron chi connectivity index (χ3n) is 5.50. The quantitative estimate of drug-likeness (QED) is 0.601. The number of hydrogen-bond acceptors (Lipinski definition) is 4. The summed E-state index contributed by atoms with van der Waals surface area (Å²) in [4.78, 5) is 14.5. The summed E-state index contributed by atoms with van der Waals surface area (Å²) in [5.74, 6) is -0.259. The maximum Gasteiger partial charge on any atom is 0.261 e. The number of halogens is 2. The summed E-state index contributed by atoms with van der Waals surface area (Å²) in [6.07, 6.45) is 0.307. The van der Waals surface area contributed by atoms with E-state index in [0.717, 1.165) is 11.1 Å². The van der Waals surface area contributed by atoms with Gasteiger partial charge in [0.25, 0.3) is 5.91 Å². The Morgan fingerprint density at radius 1 is 1.29 bits per heavy atom. The van der Waals surface area contributed by atoms with Crippen molar-refractivity contribution in [3.05, 3.63) is 63.9 Å². The summed E-state index contributed by atoms with van der Waals surface area (Å²) >= 11 is 6.16. The number of rotatable bonds is 7. The minimum atomic E-state index is -3.24. The molecule has 2 aromatic carbocycles. The van der Waals surface area contributed by atoms with Crippen LogP contribution in [0.2, 0.25) is 5.02 Å². The average Bonchev–Trinajstić information content (AvgIpc) is 3.05. The van der Waals surface area contributed by atoms with Gasteiger partial charge in [-0.2, -0.15) is 0 Å². The van der Waals surface area contributed by atoms with Crippen LogP contribution >= 0.6 is 11.6 Å². The van der Waals surface area contributed by atoms with Gasteiger partial charge in [-0.05, 0) is 48.6 Å². The molecule has 31 heavy (non-hydrogen) atoms. The first kappa shape index (κ1) is 23.5. The molecular formula is C23H27ClFNO4S. The van der Waals surface area contributed by atoms with Gasteiger partial charge in [0.1, 0.15) is 11.6 Å². The monoisotopic (exact) mass is 467 g/mol. The van der Waals surface area contributed by atoms with Crippen LogP contribution in [-0.2, 0) is 21.2 Å². The van der Waals surface area contributed by atoms with Crippen LogP contribution < -0.4 is 4.74 Å². The van der Waals surface area contributed by atoms with Crippen LogP contribution in [0.4, 0.5) is 4.39 Å². The first-order chi connectivity index (χ1) is 14.6. The molecule has 1 amide bonds. The highest BCUT2D eigenvalue weighted by Crippen LogP contribution is 2.29. The number of benzene rings is 2. The summed E-state index contributed by atoms with van der Waals surface area (Å²) in [7, 11) is -3.24. The van der Waals surface area contributed by atoms with E-state index < -0.39 is 27.6 Å². The molecule has 0 radical (unpaired) electrons. The molecule has 0 N–H and O–H groups in total. The zero-order chi connectivity index (χ0) is 22.8. The highest BCUT2D eigenvalue weighted by atomic mass is 35.5. The van der Waals surface area contributed by atoms with Crippen molar-refractivity contribution >= 4 is 27.3 Å². The summed E-state index contributed by atoms with van der Waals surface area (Å²) in [6, 6.07) is 9.60. The molecule has 168 valence electrons. The first-order valence-corrected chi connectivity index (χ1v) is 12.4. The lowest BCUT2D eigenvalue weighted by molar-refractivity contribution is -0.136. The van der Waals surface area contributed by atoms with Gasteiger partial charge in [-0.3, -0.25) is 4.79 Å². The van der Waals surface area contributed by atoms with Gasteiger partial charge >= 0.3 is 0 Å². The van der Waals surface area contributed by atoms with E-state index in [1.54, 1.807) is 6.07 Å². The molecule has 1 atom stereocenters. The Hall–Kier alpha value is -2.12. The van der Waals surface area contributed by atoms with Crippen LogP contribution in [0.5, 0.6) is 5.75 Å². The Morgan fingerprint density at radius 3 is 2.65 bits per heavy atom. The predicted octanol–water partition coefficient (Wildman–Crippen LogP) is 4.51. The molecule has 3 rings (SSSR count). The lowest BCUT2D eigenvalue weighted by atomic mass is 10.0. The topological polar surface area (TPSA) is 63.7 Å². The lowest BCUT2D eigenvalue weighted by Crippen LogP contribution is -2.43. The molecule has 0 spiro atoms. The third-order valence-corrected chi connectivity index (χ3v) is 7.61. The fourth-order valence-corrected chi connectivity index (χ4v) is 5.72. The molecular weight excluding hydrogens is 441 g/mol. The second kappa shape index (κ2) is 9.57. The van der Waals surface area contributed by atoms with E-state index >= 15 is 0 Å². The predicted molar refractivity (Wildman–Crippen MR) is 120 cm³/mol. The fourth-order valence-electron chi connectivity index (χ4n) is 3.76. The van der Waals surface area contributed by atoms with Crippen molar-refractivity contribution in [2.24, 2.45) is 0 Å². The van der Waals surface area contributed by atoms with Crippen molar-refractivity contribution in [2.45, 2.75) is 45.7 Å². The van der Waals surface area contributed by atoms with Gasteiger partial charge in [-0.1, -0.05) is 43.6 Å².